The zero-order chi connectivity index (χ0) is 11.3. The molecule has 0 amide bonds. The predicted molar refractivity (Wildman–Crippen MR) is 64.2 cm³/mol. The van der Waals surface area contributed by atoms with Crippen LogP contribution in [0.3, 0.4) is 0 Å². The van der Waals surface area contributed by atoms with Gasteiger partial charge in [0.25, 0.3) is 0 Å². The van der Waals surface area contributed by atoms with E-state index in [1.54, 1.807) is 0 Å². The summed E-state index contributed by atoms with van der Waals surface area (Å²) in [6.45, 7) is 10.5. The van der Waals surface area contributed by atoms with Gasteiger partial charge in [-0.15, -0.1) is 0 Å². The average Bonchev–Trinajstić information content (AvgIpc) is 2.23. The quantitative estimate of drug-likeness (QED) is 0.688. The molecule has 0 aliphatic rings. The summed E-state index contributed by atoms with van der Waals surface area (Å²) in [5.74, 6) is 0.944. The first-order valence-electron chi connectivity index (χ1n) is 5.64. The van der Waals surface area contributed by atoms with E-state index >= 15 is 0 Å². The van der Waals surface area contributed by atoms with Gasteiger partial charge >= 0.3 is 0 Å². The molecular formula is C13H21NO. The van der Waals surface area contributed by atoms with Gasteiger partial charge in [0.1, 0.15) is 12.0 Å². The second-order valence-electron chi connectivity index (χ2n) is 3.75. The summed E-state index contributed by atoms with van der Waals surface area (Å²) in [5.41, 5.74) is 1.26. The molecule has 84 valence electrons. The summed E-state index contributed by atoms with van der Waals surface area (Å²) >= 11 is 0. The van der Waals surface area contributed by atoms with Gasteiger partial charge in [0, 0.05) is 0 Å². The van der Waals surface area contributed by atoms with Crippen LogP contribution in [-0.4, -0.2) is 24.2 Å². The summed E-state index contributed by atoms with van der Waals surface area (Å²) < 4.78 is 5.84. The molecule has 15 heavy (non-hydrogen) atoms. The van der Waals surface area contributed by atoms with E-state index in [0.717, 1.165) is 18.8 Å². The maximum absolute atomic E-state index is 5.84. The van der Waals surface area contributed by atoms with Crippen LogP contribution in [0.15, 0.2) is 24.3 Å². The van der Waals surface area contributed by atoms with Crippen molar-refractivity contribution in [1.29, 1.82) is 0 Å². The maximum atomic E-state index is 5.84. The molecule has 0 fully saturated rings. The molecule has 0 heterocycles. The Hall–Kier alpha value is -1.02. The minimum absolute atomic E-state index is 0.141. The number of hydrogen-bond acceptors (Lipinski definition) is 2. The smallest absolute Gasteiger partial charge is 0.149 e. The molecule has 0 spiro atoms. The molecule has 0 saturated heterocycles. The lowest BCUT2D eigenvalue weighted by Gasteiger charge is -2.26. The number of nitrogens with zero attached hydrogens (tertiary/aromatic N) is 1. The Bertz CT molecular complexity index is 277. The van der Waals surface area contributed by atoms with Gasteiger partial charge in [0.2, 0.25) is 0 Å². The fourth-order valence-corrected chi connectivity index (χ4v) is 1.63. The van der Waals surface area contributed by atoms with Crippen LogP contribution in [0.25, 0.3) is 0 Å². The molecule has 2 heteroatoms. The highest BCUT2D eigenvalue weighted by Gasteiger charge is 2.10. The van der Waals surface area contributed by atoms with Gasteiger partial charge in [0.05, 0.1) is 0 Å². The number of benzene rings is 1. The van der Waals surface area contributed by atoms with Gasteiger partial charge in [-0.3, -0.25) is 4.90 Å². The van der Waals surface area contributed by atoms with Gasteiger partial charge < -0.3 is 4.74 Å². The SMILES string of the molecule is CCN(CC)C(C)Oc1ccc(C)cc1. The lowest BCUT2D eigenvalue weighted by molar-refractivity contribution is 0.0481. The van der Waals surface area contributed by atoms with Crippen LogP contribution in [0.1, 0.15) is 26.3 Å². The number of aryl methyl sites for hydroxylation is 1. The third kappa shape index (κ3) is 3.56. The average molecular weight is 207 g/mol. The van der Waals surface area contributed by atoms with Crippen molar-refractivity contribution in [3.05, 3.63) is 29.8 Å². The zero-order valence-electron chi connectivity index (χ0n) is 10.2. The molecule has 1 unspecified atom stereocenters. The highest BCUT2D eigenvalue weighted by molar-refractivity contribution is 5.26. The highest BCUT2D eigenvalue weighted by atomic mass is 16.5. The van der Waals surface area contributed by atoms with Crippen molar-refractivity contribution in [1.82, 2.24) is 4.90 Å². The Morgan fingerprint density at radius 2 is 1.67 bits per heavy atom. The van der Waals surface area contributed by atoms with E-state index in [4.69, 9.17) is 4.74 Å². The first kappa shape index (κ1) is 12.1. The van der Waals surface area contributed by atoms with E-state index in [1.165, 1.54) is 5.56 Å². The lowest BCUT2D eigenvalue weighted by atomic mass is 10.2. The first-order chi connectivity index (χ1) is 7.17. The minimum Gasteiger partial charge on any atom is -0.475 e. The van der Waals surface area contributed by atoms with Crippen LogP contribution >= 0.6 is 0 Å². The standard InChI is InChI=1S/C13H21NO/c1-5-14(6-2)12(4)15-13-9-7-11(3)8-10-13/h7-10,12H,5-6H2,1-4H3. The summed E-state index contributed by atoms with van der Waals surface area (Å²) in [6.07, 6.45) is 0.141. The van der Waals surface area contributed by atoms with Gasteiger partial charge in [0.15, 0.2) is 0 Å². The van der Waals surface area contributed by atoms with Crippen molar-refractivity contribution in [2.24, 2.45) is 0 Å². The van der Waals surface area contributed by atoms with Crippen LogP contribution in [0, 0.1) is 6.92 Å². The van der Waals surface area contributed by atoms with Gasteiger partial charge in [-0.1, -0.05) is 31.5 Å². The largest absolute Gasteiger partial charge is 0.475 e. The van der Waals surface area contributed by atoms with Crippen molar-refractivity contribution in [2.45, 2.75) is 33.9 Å². The molecule has 0 bridgehead atoms. The minimum atomic E-state index is 0.141. The van der Waals surface area contributed by atoms with Crippen molar-refractivity contribution >= 4 is 0 Å². The third-order valence-corrected chi connectivity index (χ3v) is 2.65. The molecule has 0 radical (unpaired) electrons. The van der Waals surface area contributed by atoms with Crippen LogP contribution in [-0.2, 0) is 0 Å². The Morgan fingerprint density at radius 3 is 2.13 bits per heavy atom. The fraction of sp³-hybridized carbons (Fsp3) is 0.538. The van der Waals surface area contributed by atoms with Crippen molar-refractivity contribution < 1.29 is 4.74 Å². The van der Waals surface area contributed by atoms with Crippen molar-refractivity contribution in [3.63, 3.8) is 0 Å². The summed E-state index contributed by atoms with van der Waals surface area (Å²) in [5, 5.41) is 0. The molecule has 0 N–H and O–H groups in total. The molecule has 0 aromatic heterocycles. The molecule has 0 aliphatic heterocycles. The van der Waals surface area contributed by atoms with E-state index in [0.29, 0.717) is 0 Å². The second kappa shape index (κ2) is 5.76. The van der Waals surface area contributed by atoms with Crippen LogP contribution in [0.4, 0.5) is 0 Å². The van der Waals surface area contributed by atoms with Gasteiger partial charge in [-0.05, 0) is 39.1 Å². The molecule has 2 nitrogen and oxygen atoms in total. The monoisotopic (exact) mass is 207 g/mol. The Morgan fingerprint density at radius 1 is 1.13 bits per heavy atom. The zero-order valence-corrected chi connectivity index (χ0v) is 10.2. The predicted octanol–water partition coefficient (Wildman–Crippen LogP) is 3.06. The summed E-state index contributed by atoms with van der Waals surface area (Å²) in [7, 11) is 0. The molecule has 1 aromatic rings. The molecule has 1 rings (SSSR count). The highest BCUT2D eigenvalue weighted by Crippen LogP contribution is 2.14. The Balaban J connectivity index is 2.57. The van der Waals surface area contributed by atoms with Gasteiger partial charge in [-0.25, -0.2) is 0 Å². The number of ether oxygens (including phenoxy) is 1. The molecular weight excluding hydrogens is 186 g/mol. The first-order valence-corrected chi connectivity index (χ1v) is 5.64. The van der Waals surface area contributed by atoms with E-state index in [9.17, 15) is 0 Å². The van der Waals surface area contributed by atoms with Crippen LogP contribution < -0.4 is 4.74 Å². The number of rotatable bonds is 5. The molecule has 0 aliphatic carbocycles. The van der Waals surface area contributed by atoms with Crippen LogP contribution in [0.5, 0.6) is 5.75 Å². The second-order valence-corrected chi connectivity index (χ2v) is 3.75. The van der Waals surface area contributed by atoms with Gasteiger partial charge in [-0.2, -0.15) is 0 Å². The van der Waals surface area contributed by atoms with Crippen molar-refractivity contribution in [2.75, 3.05) is 13.1 Å². The lowest BCUT2D eigenvalue weighted by Crippen LogP contribution is -2.36. The van der Waals surface area contributed by atoms with E-state index in [1.807, 2.05) is 12.1 Å². The van der Waals surface area contributed by atoms with Crippen molar-refractivity contribution in [3.8, 4) is 5.75 Å². The third-order valence-electron chi connectivity index (χ3n) is 2.65. The van der Waals surface area contributed by atoms with Crippen LogP contribution in [0.2, 0.25) is 0 Å². The normalized spacial score (nSPS) is 12.9. The Kier molecular flexibility index (Phi) is 4.63. The summed E-state index contributed by atoms with van der Waals surface area (Å²) in [4.78, 5) is 2.28. The molecule has 1 aromatic carbocycles. The summed E-state index contributed by atoms with van der Waals surface area (Å²) in [6, 6.07) is 8.19. The van der Waals surface area contributed by atoms with E-state index in [-0.39, 0.29) is 6.23 Å². The topological polar surface area (TPSA) is 12.5 Å². The molecule has 1 atom stereocenters. The number of hydrogen-bond donors (Lipinski definition) is 0. The fourth-order valence-electron chi connectivity index (χ4n) is 1.63. The molecule has 0 saturated carbocycles. The van der Waals surface area contributed by atoms with E-state index < -0.39 is 0 Å². The Labute approximate surface area is 92.9 Å². The van der Waals surface area contributed by atoms with E-state index in [2.05, 4.69) is 44.7 Å². The maximum Gasteiger partial charge on any atom is 0.149 e.